The first-order chi connectivity index (χ1) is 12.0. The smallest absolute Gasteiger partial charge is 0.301 e. The highest BCUT2D eigenvalue weighted by molar-refractivity contribution is 7.89. The molecule has 0 saturated heterocycles. The standard InChI is InChI=1S/C17H18F4N2O2S/c1-23(2)15(12-7-9-13(18)10-8-12)11-22-26(24,25)16-6-4-3-5-14(16)17(19,20)21/h3-10,15,22H,11H2,1-2H3. The Bertz CT molecular complexity index is 850. The SMILES string of the molecule is CN(C)C(CNS(=O)(=O)c1ccccc1C(F)(F)F)c1ccc(F)cc1. The molecule has 0 heterocycles. The van der Waals surface area contributed by atoms with E-state index in [9.17, 15) is 26.0 Å². The Kier molecular flexibility index (Phi) is 6.05. The molecule has 0 aliphatic rings. The predicted octanol–water partition coefficient (Wildman–Crippen LogP) is 3.43. The van der Waals surface area contributed by atoms with E-state index in [4.69, 9.17) is 0 Å². The van der Waals surface area contributed by atoms with E-state index < -0.39 is 38.5 Å². The predicted molar refractivity (Wildman–Crippen MR) is 89.5 cm³/mol. The van der Waals surface area contributed by atoms with Crippen molar-refractivity contribution in [2.45, 2.75) is 17.1 Å². The van der Waals surface area contributed by atoms with Crippen molar-refractivity contribution in [2.75, 3.05) is 20.6 Å². The van der Waals surface area contributed by atoms with E-state index in [1.54, 1.807) is 19.0 Å². The van der Waals surface area contributed by atoms with Gasteiger partial charge >= 0.3 is 6.18 Å². The first-order valence-corrected chi connectivity index (χ1v) is 9.08. The van der Waals surface area contributed by atoms with Gasteiger partial charge in [0.15, 0.2) is 0 Å². The summed E-state index contributed by atoms with van der Waals surface area (Å²) < 4.78 is 79.4. The molecule has 0 fully saturated rings. The fourth-order valence-electron chi connectivity index (χ4n) is 2.49. The van der Waals surface area contributed by atoms with Crippen molar-refractivity contribution in [3.05, 3.63) is 65.5 Å². The Morgan fingerprint density at radius 1 is 1.04 bits per heavy atom. The van der Waals surface area contributed by atoms with Gasteiger partial charge in [0.25, 0.3) is 0 Å². The topological polar surface area (TPSA) is 49.4 Å². The van der Waals surface area contributed by atoms with Crippen LogP contribution in [0.25, 0.3) is 0 Å². The van der Waals surface area contributed by atoms with Crippen molar-refractivity contribution >= 4 is 10.0 Å². The summed E-state index contributed by atoms with van der Waals surface area (Å²) in [6, 6.07) is 8.97. The van der Waals surface area contributed by atoms with Crippen LogP contribution >= 0.6 is 0 Å². The van der Waals surface area contributed by atoms with Crippen LogP contribution in [0.15, 0.2) is 53.4 Å². The fourth-order valence-corrected chi connectivity index (χ4v) is 3.75. The van der Waals surface area contributed by atoms with Crippen LogP contribution in [0.1, 0.15) is 17.2 Å². The van der Waals surface area contributed by atoms with E-state index in [0.717, 1.165) is 18.2 Å². The van der Waals surface area contributed by atoms with Crippen LogP contribution in [0.3, 0.4) is 0 Å². The molecule has 1 unspecified atom stereocenters. The van der Waals surface area contributed by atoms with Gasteiger partial charge in [-0.1, -0.05) is 24.3 Å². The number of rotatable bonds is 6. The second-order valence-electron chi connectivity index (χ2n) is 5.88. The quantitative estimate of drug-likeness (QED) is 0.769. The summed E-state index contributed by atoms with van der Waals surface area (Å²) in [5.74, 6) is -0.439. The van der Waals surface area contributed by atoms with Crippen LogP contribution in [-0.2, 0) is 16.2 Å². The molecule has 0 spiro atoms. The monoisotopic (exact) mass is 390 g/mol. The molecule has 26 heavy (non-hydrogen) atoms. The average Bonchev–Trinajstić information content (AvgIpc) is 2.55. The van der Waals surface area contributed by atoms with Crippen LogP contribution in [0, 0.1) is 5.82 Å². The minimum Gasteiger partial charge on any atom is -0.301 e. The van der Waals surface area contributed by atoms with Crippen LogP contribution in [0.4, 0.5) is 17.6 Å². The van der Waals surface area contributed by atoms with Crippen LogP contribution < -0.4 is 4.72 Å². The summed E-state index contributed by atoms with van der Waals surface area (Å²) in [6.07, 6.45) is -4.79. The summed E-state index contributed by atoms with van der Waals surface area (Å²) in [6.45, 7) is -0.173. The number of nitrogens with one attached hydrogen (secondary N) is 1. The number of halogens is 4. The molecule has 1 atom stereocenters. The molecule has 4 nitrogen and oxygen atoms in total. The number of hydrogen-bond acceptors (Lipinski definition) is 3. The Balaban J connectivity index is 2.28. The molecule has 1 N–H and O–H groups in total. The molecule has 0 aliphatic carbocycles. The lowest BCUT2D eigenvalue weighted by atomic mass is 10.1. The third kappa shape index (κ3) is 4.80. The second kappa shape index (κ2) is 7.73. The number of benzene rings is 2. The molecule has 0 saturated carbocycles. The molecule has 0 amide bonds. The van der Waals surface area contributed by atoms with Gasteiger partial charge in [0.2, 0.25) is 10.0 Å². The minimum absolute atomic E-state index is 0.173. The molecule has 2 rings (SSSR count). The zero-order valence-corrected chi connectivity index (χ0v) is 14.9. The number of alkyl halides is 3. The third-order valence-corrected chi connectivity index (χ3v) is 5.31. The van der Waals surface area contributed by atoms with Gasteiger partial charge in [-0.15, -0.1) is 0 Å². The zero-order valence-electron chi connectivity index (χ0n) is 14.1. The first-order valence-electron chi connectivity index (χ1n) is 7.60. The van der Waals surface area contributed by atoms with E-state index in [0.29, 0.717) is 5.56 Å². The molecule has 0 bridgehead atoms. The lowest BCUT2D eigenvalue weighted by molar-refractivity contribution is -0.139. The van der Waals surface area contributed by atoms with Gasteiger partial charge < -0.3 is 4.90 Å². The largest absolute Gasteiger partial charge is 0.417 e. The van der Waals surface area contributed by atoms with E-state index >= 15 is 0 Å². The lowest BCUT2D eigenvalue weighted by Gasteiger charge is -2.25. The highest BCUT2D eigenvalue weighted by Crippen LogP contribution is 2.34. The molecule has 2 aromatic rings. The van der Waals surface area contributed by atoms with E-state index in [1.165, 1.54) is 30.3 Å². The summed E-state index contributed by atoms with van der Waals surface area (Å²) in [5.41, 5.74) is -0.598. The van der Waals surface area contributed by atoms with Gasteiger partial charge in [-0.25, -0.2) is 17.5 Å². The Hall–Kier alpha value is -1.97. The van der Waals surface area contributed by atoms with E-state index in [2.05, 4.69) is 4.72 Å². The number of hydrogen-bond donors (Lipinski definition) is 1. The van der Waals surface area contributed by atoms with Crippen molar-refractivity contribution in [1.82, 2.24) is 9.62 Å². The number of likely N-dealkylation sites (N-methyl/N-ethyl adjacent to an activating group) is 1. The zero-order chi connectivity index (χ0) is 19.5. The Labute approximate surface area is 149 Å². The molecule has 2 aromatic carbocycles. The van der Waals surface area contributed by atoms with Gasteiger partial charge in [0.1, 0.15) is 5.82 Å². The van der Waals surface area contributed by atoms with Crippen molar-refractivity contribution in [3.8, 4) is 0 Å². The van der Waals surface area contributed by atoms with Crippen LogP contribution in [-0.4, -0.2) is 34.0 Å². The van der Waals surface area contributed by atoms with Gasteiger partial charge in [0, 0.05) is 12.6 Å². The van der Waals surface area contributed by atoms with E-state index in [1.807, 2.05) is 0 Å². The highest BCUT2D eigenvalue weighted by Gasteiger charge is 2.37. The molecular formula is C17H18F4N2O2S. The van der Waals surface area contributed by atoms with Gasteiger partial charge in [-0.05, 0) is 43.9 Å². The highest BCUT2D eigenvalue weighted by atomic mass is 32.2. The first kappa shape index (κ1) is 20.3. The molecule has 142 valence electrons. The minimum atomic E-state index is -4.79. The average molecular weight is 390 g/mol. The van der Waals surface area contributed by atoms with Crippen molar-refractivity contribution in [2.24, 2.45) is 0 Å². The maximum absolute atomic E-state index is 13.1. The molecule has 0 aromatic heterocycles. The number of sulfonamides is 1. The second-order valence-corrected chi connectivity index (χ2v) is 7.61. The fraction of sp³-hybridized carbons (Fsp3) is 0.294. The molecular weight excluding hydrogens is 372 g/mol. The summed E-state index contributed by atoms with van der Waals surface area (Å²) in [7, 11) is -1.02. The Morgan fingerprint density at radius 3 is 2.15 bits per heavy atom. The van der Waals surface area contributed by atoms with Crippen molar-refractivity contribution in [1.29, 1.82) is 0 Å². The summed E-state index contributed by atoms with van der Waals surface area (Å²) in [4.78, 5) is 0.856. The normalized spacial score (nSPS) is 13.8. The third-order valence-electron chi connectivity index (χ3n) is 3.83. The lowest BCUT2D eigenvalue weighted by Crippen LogP contribution is -2.35. The van der Waals surface area contributed by atoms with Crippen molar-refractivity contribution < 1.29 is 26.0 Å². The number of nitrogens with zero attached hydrogens (tertiary/aromatic N) is 1. The van der Waals surface area contributed by atoms with Gasteiger partial charge in [-0.3, -0.25) is 0 Å². The van der Waals surface area contributed by atoms with Crippen LogP contribution in [0.2, 0.25) is 0 Å². The molecule has 9 heteroatoms. The maximum Gasteiger partial charge on any atom is 0.417 e. The maximum atomic E-state index is 13.1. The summed E-state index contributed by atoms with van der Waals surface area (Å²) >= 11 is 0. The molecule has 0 radical (unpaired) electrons. The van der Waals surface area contributed by atoms with Gasteiger partial charge in [-0.2, -0.15) is 13.2 Å². The van der Waals surface area contributed by atoms with Crippen LogP contribution in [0.5, 0.6) is 0 Å². The molecule has 0 aliphatic heterocycles. The summed E-state index contributed by atoms with van der Waals surface area (Å²) in [5, 5.41) is 0. The van der Waals surface area contributed by atoms with Crippen molar-refractivity contribution in [3.63, 3.8) is 0 Å². The van der Waals surface area contributed by atoms with E-state index in [-0.39, 0.29) is 6.54 Å². The van der Waals surface area contributed by atoms with Gasteiger partial charge in [0.05, 0.1) is 10.5 Å². The Morgan fingerprint density at radius 2 is 1.62 bits per heavy atom.